The largest absolute Gasteiger partial charge is 0.497 e. The topological polar surface area (TPSA) is 97.8 Å². The van der Waals surface area contributed by atoms with Gasteiger partial charge in [-0.15, -0.1) is 0 Å². The molecule has 1 aromatic carbocycles. The number of fused-ring (bicyclic) bond motifs is 1. The van der Waals surface area contributed by atoms with Crippen molar-refractivity contribution >= 4 is 27.4 Å². The lowest BCUT2D eigenvalue weighted by Crippen LogP contribution is -2.35. The molecular weight excluding hydrogens is 370 g/mol. The van der Waals surface area contributed by atoms with Crippen molar-refractivity contribution in [3.8, 4) is 11.5 Å². The van der Waals surface area contributed by atoms with Crippen LogP contribution in [0.1, 0.15) is 22.3 Å². The number of nitrogens with zero attached hydrogens (tertiary/aromatic N) is 2. The van der Waals surface area contributed by atoms with Gasteiger partial charge in [0.15, 0.2) is 0 Å². The number of carbonyl (C=O) groups excluding carboxylic acids is 1. The number of rotatable bonds is 5. The lowest BCUT2D eigenvalue weighted by Gasteiger charge is -2.31. The van der Waals surface area contributed by atoms with Gasteiger partial charge in [0, 0.05) is 30.4 Å². The summed E-state index contributed by atoms with van der Waals surface area (Å²) in [5.74, 6) is 1.24. The summed E-state index contributed by atoms with van der Waals surface area (Å²) in [5.41, 5.74) is 2.07. The number of hydrogen-bond donors (Lipinski definition) is 1. The second-order valence-electron chi connectivity index (χ2n) is 6.19. The number of pyridine rings is 1. The molecule has 9 heteroatoms. The molecule has 1 aliphatic rings. The highest BCUT2D eigenvalue weighted by Gasteiger charge is 2.27. The number of methoxy groups -OCH3 is 2. The molecule has 144 valence electrons. The molecule has 1 N–H and O–H groups in total. The van der Waals surface area contributed by atoms with Crippen molar-refractivity contribution in [2.45, 2.75) is 12.8 Å². The summed E-state index contributed by atoms with van der Waals surface area (Å²) in [6.45, 7) is 0.561. The lowest BCUT2D eigenvalue weighted by molar-refractivity contribution is 0.0984. The van der Waals surface area contributed by atoms with Crippen LogP contribution in [0.4, 0.5) is 11.5 Å². The van der Waals surface area contributed by atoms with Crippen LogP contribution in [0.3, 0.4) is 0 Å². The van der Waals surface area contributed by atoms with E-state index in [-0.39, 0.29) is 11.7 Å². The van der Waals surface area contributed by atoms with E-state index in [2.05, 4.69) is 9.71 Å². The Morgan fingerprint density at radius 1 is 1.22 bits per heavy atom. The molecule has 0 bridgehead atoms. The average Bonchev–Trinajstić information content (AvgIpc) is 2.65. The van der Waals surface area contributed by atoms with Crippen molar-refractivity contribution in [2.75, 3.05) is 36.6 Å². The van der Waals surface area contributed by atoms with Gasteiger partial charge < -0.3 is 14.4 Å². The Balaban J connectivity index is 1.93. The van der Waals surface area contributed by atoms with Crippen LogP contribution in [0.15, 0.2) is 30.5 Å². The quantitative estimate of drug-likeness (QED) is 0.838. The lowest BCUT2D eigenvalue weighted by atomic mass is 9.99. The van der Waals surface area contributed by atoms with Gasteiger partial charge in [0.1, 0.15) is 17.3 Å². The molecule has 0 fully saturated rings. The Kier molecular flexibility index (Phi) is 5.22. The monoisotopic (exact) mass is 391 g/mol. The first kappa shape index (κ1) is 19.0. The van der Waals surface area contributed by atoms with E-state index in [9.17, 15) is 13.2 Å². The zero-order valence-corrected chi connectivity index (χ0v) is 16.2. The third-order valence-corrected chi connectivity index (χ3v) is 4.84. The van der Waals surface area contributed by atoms with Crippen molar-refractivity contribution in [3.63, 3.8) is 0 Å². The minimum atomic E-state index is -3.42. The molecule has 27 heavy (non-hydrogen) atoms. The maximum atomic E-state index is 13.0. The number of ether oxygens (including phenoxy) is 2. The molecule has 2 heterocycles. The van der Waals surface area contributed by atoms with Crippen LogP contribution < -0.4 is 19.1 Å². The number of benzene rings is 1. The minimum absolute atomic E-state index is 0.163. The molecule has 1 amide bonds. The smallest absolute Gasteiger partial charge is 0.259 e. The van der Waals surface area contributed by atoms with Crippen molar-refractivity contribution in [1.82, 2.24) is 4.98 Å². The molecule has 0 atom stereocenters. The maximum absolute atomic E-state index is 13.0. The first-order valence-electron chi connectivity index (χ1n) is 8.33. The van der Waals surface area contributed by atoms with Gasteiger partial charge >= 0.3 is 0 Å². The third kappa shape index (κ3) is 4.13. The fourth-order valence-corrected chi connectivity index (χ4v) is 3.57. The van der Waals surface area contributed by atoms with E-state index in [1.807, 2.05) is 6.07 Å². The molecule has 0 unspecified atom stereocenters. The van der Waals surface area contributed by atoms with Gasteiger partial charge in [0.25, 0.3) is 5.91 Å². The molecule has 8 nitrogen and oxygen atoms in total. The molecule has 0 aliphatic carbocycles. The Morgan fingerprint density at radius 2 is 2.00 bits per heavy atom. The number of carbonyl (C=O) groups is 1. The average molecular weight is 391 g/mol. The Bertz CT molecular complexity index is 958. The molecule has 0 saturated heterocycles. The van der Waals surface area contributed by atoms with Crippen LogP contribution in [0.2, 0.25) is 0 Å². The van der Waals surface area contributed by atoms with E-state index in [0.717, 1.165) is 30.3 Å². The van der Waals surface area contributed by atoms with Gasteiger partial charge in [-0.2, -0.15) is 0 Å². The van der Waals surface area contributed by atoms with E-state index >= 15 is 0 Å². The Hall–Kier alpha value is -2.81. The van der Waals surface area contributed by atoms with Crippen molar-refractivity contribution in [3.05, 3.63) is 41.6 Å². The Labute approximate surface area is 158 Å². The number of aromatic nitrogens is 1. The van der Waals surface area contributed by atoms with E-state index in [1.54, 1.807) is 31.3 Å². The molecule has 3 rings (SSSR count). The predicted molar refractivity (Wildman–Crippen MR) is 102 cm³/mol. The van der Waals surface area contributed by atoms with Crippen molar-refractivity contribution in [1.29, 1.82) is 0 Å². The van der Waals surface area contributed by atoms with Gasteiger partial charge in [-0.05, 0) is 25.0 Å². The molecule has 0 radical (unpaired) electrons. The van der Waals surface area contributed by atoms with Gasteiger partial charge in [0.2, 0.25) is 10.0 Å². The second kappa shape index (κ2) is 7.43. The highest BCUT2D eigenvalue weighted by atomic mass is 32.2. The van der Waals surface area contributed by atoms with Gasteiger partial charge in [-0.1, -0.05) is 0 Å². The molecule has 0 spiro atoms. The highest BCUT2D eigenvalue weighted by molar-refractivity contribution is 7.92. The van der Waals surface area contributed by atoms with Crippen LogP contribution in [-0.2, 0) is 16.4 Å². The molecule has 1 aliphatic heterocycles. The fourth-order valence-electron chi connectivity index (χ4n) is 3.07. The van der Waals surface area contributed by atoms with Crippen LogP contribution in [0.5, 0.6) is 11.5 Å². The van der Waals surface area contributed by atoms with Gasteiger partial charge in [-0.3, -0.25) is 9.52 Å². The zero-order valence-electron chi connectivity index (χ0n) is 15.4. The summed E-state index contributed by atoms with van der Waals surface area (Å²) < 4.78 is 35.6. The summed E-state index contributed by atoms with van der Waals surface area (Å²) in [7, 11) is -0.268. The maximum Gasteiger partial charge on any atom is 0.259 e. The normalized spacial score (nSPS) is 13.7. The zero-order chi connectivity index (χ0) is 19.6. The standard InChI is InChI=1S/C18H21N3O5S/c1-25-13-9-15-14(16(10-13)26-2)5-4-8-21(15)18(22)12-6-7-17(19-11-12)20-27(3,23)24/h6-7,9-11H,4-5,8H2,1-3H3,(H,19,20). The number of anilines is 2. The van der Waals surface area contributed by atoms with Gasteiger partial charge in [-0.25, -0.2) is 13.4 Å². The van der Waals surface area contributed by atoms with E-state index in [4.69, 9.17) is 9.47 Å². The molecule has 0 saturated carbocycles. The fraction of sp³-hybridized carbons (Fsp3) is 0.333. The van der Waals surface area contributed by atoms with Crippen LogP contribution >= 0.6 is 0 Å². The summed E-state index contributed by atoms with van der Waals surface area (Å²) in [5, 5.41) is 0. The summed E-state index contributed by atoms with van der Waals surface area (Å²) in [6, 6.07) is 6.64. The predicted octanol–water partition coefficient (Wildman–Crippen LogP) is 2.06. The van der Waals surface area contributed by atoms with Crippen LogP contribution in [0.25, 0.3) is 0 Å². The van der Waals surface area contributed by atoms with Crippen molar-refractivity contribution < 1.29 is 22.7 Å². The first-order valence-corrected chi connectivity index (χ1v) is 10.2. The first-order chi connectivity index (χ1) is 12.8. The number of hydrogen-bond acceptors (Lipinski definition) is 6. The summed E-state index contributed by atoms with van der Waals surface area (Å²) >= 11 is 0. The Morgan fingerprint density at radius 3 is 2.59 bits per heavy atom. The number of nitrogens with one attached hydrogen (secondary N) is 1. The summed E-state index contributed by atoms with van der Waals surface area (Å²) in [6.07, 6.45) is 4.02. The SMILES string of the molecule is COc1cc(OC)c2c(c1)N(C(=O)c1ccc(NS(C)(=O)=O)nc1)CCC2. The van der Waals surface area contributed by atoms with Crippen LogP contribution in [0, 0.1) is 0 Å². The van der Waals surface area contributed by atoms with E-state index in [1.165, 1.54) is 12.3 Å². The van der Waals surface area contributed by atoms with Crippen molar-refractivity contribution in [2.24, 2.45) is 0 Å². The van der Waals surface area contributed by atoms with Gasteiger partial charge in [0.05, 0.1) is 31.7 Å². The number of sulfonamides is 1. The molecule has 1 aromatic heterocycles. The summed E-state index contributed by atoms with van der Waals surface area (Å²) in [4.78, 5) is 18.7. The number of amides is 1. The van der Waals surface area contributed by atoms with E-state index in [0.29, 0.717) is 23.6 Å². The molecule has 2 aromatic rings. The third-order valence-electron chi connectivity index (χ3n) is 4.26. The second-order valence-corrected chi connectivity index (χ2v) is 7.94. The highest BCUT2D eigenvalue weighted by Crippen LogP contribution is 2.38. The van der Waals surface area contributed by atoms with Crippen LogP contribution in [-0.4, -0.2) is 46.3 Å². The van der Waals surface area contributed by atoms with E-state index < -0.39 is 10.0 Å². The molecular formula is C18H21N3O5S. The minimum Gasteiger partial charge on any atom is -0.497 e.